The highest BCUT2D eigenvalue weighted by atomic mass is 15.3. The van der Waals surface area contributed by atoms with Crippen LogP contribution in [-0.2, 0) is 13.6 Å². The second kappa shape index (κ2) is 2.34. The summed E-state index contributed by atoms with van der Waals surface area (Å²) in [5, 5.41) is 7.58. The lowest BCUT2D eigenvalue weighted by atomic mass is 9.99. The fraction of sp³-hybridized carbons (Fsp3) is 0.625. The van der Waals surface area contributed by atoms with Gasteiger partial charge in [-0.15, -0.1) is 0 Å². The Morgan fingerprint density at radius 2 is 2.55 bits per heavy atom. The highest BCUT2D eigenvalue weighted by Crippen LogP contribution is 2.21. The molecule has 1 unspecified atom stereocenters. The molecular formula is C8H13N3. The number of nitrogens with zero attached hydrogens (tertiary/aromatic N) is 2. The zero-order valence-electron chi connectivity index (χ0n) is 6.96. The van der Waals surface area contributed by atoms with Gasteiger partial charge in [0.15, 0.2) is 0 Å². The predicted octanol–water partition coefficient (Wildman–Crippen LogP) is 0.627. The van der Waals surface area contributed by atoms with Crippen LogP contribution in [0.1, 0.15) is 24.1 Å². The summed E-state index contributed by atoms with van der Waals surface area (Å²) in [4.78, 5) is 0. The van der Waals surface area contributed by atoms with Crippen LogP contribution in [0, 0.1) is 0 Å². The average Bonchev–Trinajstić information content (AvgIpc) is 2.35. The van der Waals surface area contributed by atoms with Crippen molar-refractivity contribution in [3.8, 4) is 0 Å². The molecule has 1 atom stereocenters. The van der Waals surface area contributed by atoms with Crippen molar-refractivity contribution >= 4 is 0 Å². The van der Waals surface area contributed by atoms with Crippen molar-refractivity contribution in [2.45, 2.75) is 19.4 Å². The minimum atomic E-state index is 0.618. The Hall–Kier alpha value is -0.830. The Balaban J connectivity index is 2.46. The third-order valence-corrected chi connectivity index (χ3v) is 2.37. The molecule has 2 heterocycles. The summed E-state index contributed by atoms with van der Waals surface area (Å²) in [7, 11) is 2.00. The van der Waals surface area contributed by atoms with E-state index in [1.54, 1.807) is 0 Å². The summed E-state index contributed by atoms with van der Waals surface area (Å²) in [6, 6.07) is 0. The summed E-state index contributed by atoms with van der Waals surface area (Å²) >= 11 is 0. The highest BCUT2D eigenvalue weighted by molar-refractivity contribution is 5.24. The van der Waals surface area contributed by atoms with Crippen molar-refractivity contribution in [1.82, 2.24) is 15.1 Å². The van der Waals surface area contributed by atoms with Crippen molar-refractivity contribution in [2.24, 2.45) is 7.05 Å². The summed E-state index contributed by atoms with van der Waals surface area (Å²) in [6.45, 7) is 4.28. The van der Waals surface area contributed by atoms with Crippen LogP contribution in [0.4, 0.5) is 0 Å². The Morgan fingerprint density at radius 3 is 3.27 bits per heavy atom. The molecule has 1 aliphatic heterocycles. The second-order valence-electron chi connectivity index (χ2n) is 3.20. The predicted molar refractivity (Wildman–Crippen MR) is 43.3 cm³/mol. The summed E-state index contributed by atoms with van der Waals surface area (Å²) in [6.07, 6.45) is 1.99. The van der Waals surface area contributed by atoms with Crippen molar-refractivity contribution in [3.05, 3.63) is 17.5 Å². The van der Waals surface area contributed by atoms with E-state index >= 15 is 0 Å². The van der Waals surface area contributed by atoms with Crippen LogP contribution in [0.3, 0.4) is 0 Å². The third kappa shape index (κ3) is 0.959. The van der Waals surface area contributed by atoms with Crippen LogP contribution in [-0.4, -0.2) is 16.3 Å². The van der Waals surface area contributed by atoms with Crippen LogP contribution in [0.25, 0.3) is 0 Å². The quantitative estimate of drug-likeness (QED) is 0.589. The van der Waals surface area contributed by atoms with Gasteiger partial charge in [0.1, 0.15) is 0 Å². The molecule has 0 bridgehead atoms. The lowest BCUT2D eigenvalue weighted by Gasteiger charge is -2.19. The van der Waals surface area contributed by atoms with Crippen LogP contribution < -0.4 is 5.32 Å². The highest BCUT2D eigenvalue weighted by Gasteiger charge is 2.18. The fourth-order valence-electron chi connectivity index (χ4n) is 1.63. The van der Waals surface area contributed by atoms with Gasteiger partial charge in [0.05, 0.1) is 11.9 Å². The maximum atomic E-state index is 4.23. The molecule has 1 aromatic heterocycles. The van der Waals surface area contributed by atoms with Crippen molar-refractivity contribution in [2.75, 3.05) is 6.54 Å². The van der Waals surface area contributed by atoms with Gasteiger partial charge in [-0.25, -0.2) is 0 Å². The van der Waals surface area contributed by atoms with Crippen LogP contribution in [0.5, 0.6) is 0 Å². The van der Waals surface area contributed by atoms with Crippen molar-refractivity contribution in [1.29, 1.82) is 0 Å². The molecule has 0 amide bonds. The molecular weight excluding hydrogens is 138 g/mol. The van der Waals surface area contributed by atoms with E-state index in [0.717, 1.165) is 13.1 Å². The van der Waals surface area contributed by atoms with Gasteiger partial charge < -0.3 is 5.32 Å². The zero-order valence-corrected chi connectivity index (χ0v) is 6.96. The summed E-state index contributed by atoms with van der Waals surface area (Å²) in [5.41, 5.74) is 2.75. The number of rotatable bonds is 0. The molecule has 1 aliphatic rings. The smallest absolute Gasteiger partial charge is 0.0553 e. The largest absolute Gasteiger partial charge is 0.311 e. The molecule has 11 heavy (non-hydrogen) atoms. The van der Waals surface area contributed by atoms with Gasteiger partial charge in [-0.3, -0.25) is 4.68 Å². The standard InChI is InChI=1S/C8H13N3/c1-6-3-9-5-8-7(6)4-10-11(8)2/h4,6,9H,3,5H2,1-2H3. The first-order chi connectivity index (χ1) is 5.29. The second-order valence-corrected chi connectivity index (χ2v) is 3.20. The molecule has 0 radical (unpaired) electrons. The van der Waals surface area contributed by atoms with Gasteiger partial charge in [0, 0.05) is 20.1 Å². The normalized spacial score (nSPS) is 23.3. The van der Waals surface area contributed by atoms with Crippen molar-refractivity contribution in [3.63, 3.8) is 0 Å². The van der Waals surface area contributed by atoms with E-state index in [9.17, 15) is 0 Å². The first-order valence-electron chi connectivity index (χ1n) is 4.00. The van der Waals surface area contributed by atoms with Gasteiger partial charge >= 0.3 is 0 Å². The van der Waals surface area contributed by atoms with E-state index in [1.807, 2.05) is 17.9 Å². The Kier molecular flexibility index (Phi) is 1.46. The zero-order chi connectivity index (χ0) is 7.84. The molecule has 0 saturated heterocycles. The molecule has 0 spiro atoms. The lowest BCUT2D eigenvalue weighted by Crippen LogP contribution is -2.27. The number of aryl methyl sites for hydroxylation is 1. The Morgan fingerprint density at radius 1 is 1.73 bits per heavy atom. The van der Waals surface area contributed by atoms with Crippen LogP contribution in [0.2, 0.25) is 0 Å². The minimum absolute atomic E-state index is 0.618. The molecule has 0 aromatic carbocycles. The van der Waals surface area contributed by atoms with E-state index in [2.05, 4.69) is 17.3 Å². The number of fused-ring (bicyclic) bond motifs is 1. The van der Waals surface area contributed by atoms with Gasteiger partial charge in [-0.2, -0.15) is 5.10 Å². The van der Waals surface area contributed by atoms with E-state index in [1.165, 1.54) is 11.3 Å². The topological polar surface area (TPSA) is 29.9 Å². The van der Waals surface area contributed by atoms with E-state index in [4.69, 9.17) is 0 Å². The monoisotopic (exact) mass is 151 g/mol. The fourth-order valence-corrected chi connectivity index (χ4v) is 1.63. The SMILES string of the molecule is CC1CNCc2c1cnn2C. The number of aromatic nitrogens is 2. The first-order valence-corrected chi connectivity index (χ1v) is 4.00. The summed E-state index contributed by atoms with van der Waals surface area (Å²) in [5.74, 6) is 0.618. The minimum Gasteiger partial charge on any atom is -0.311 e. The third-order valence-electron chi connectivity index (χ3n) is 2.37. The molecule has 0 fully saturated rings. The molecule has 1 N–H and O–H groups in total. The van der Waals surface area contributed by atoms with E-state index < -0.39 is 0 Å². The maximum Gasteiger partial charge on any atom is 0.0553 e. The van der Waals surface area contributed by atoms with Crippen molar-refractivity contribution < 1.29 is 0 Å². The number of hydrogen-bond donors (Lipinski definition) is 1. The molecule has 1 aromatic rings. The van der Waals surface area contributed by atoms with Gasteiger partial charge in [-0.05, 0) is 11.5 Å². The van der Waals surface area contributed by atoms with Crippen LogP contribution >= 0.6 is 0 Å². The van der Waals surface area contributed by atoms with E-state index in [-0.39, 0.29) is 0 Å². The first kappa shape index (κ1) is 6.85. The van der Waals surface area contributed by atoms with E-state index in [0.29, 0.717) is 5.92 Å². The Bertz CT molecular complexity index is 264. The lowest BCUT2D eigenvalue weighted by molar-refractivity contribution is 0.543. The Labute approximate surface area is 66.4 Å². The average molecular weight is 151 g/mol. The molecule has 2 rings (SSSR count). The maximum absolute atomic E-state index is 4.23. The number of hydrogen-bond acceptors (Lipinski definition) is 2. The molecule has 3 nitrogen and oxygen atoms in total. The van der Waals surface area contributed by atoms with Gasteiger partial charge in [0.2, 0.25) is 0 Å². The summed E-state index contributed by atoms with van der Waals surface area (Å²) < 4.78 is 1.96. The number of nitrogens with one attached hydrogen (secondary N) is 1. The molecule has 0 aliphatic carbocycles. The van der Waals surface area contributed by atoms with Gasteiger partial charge in [-0.1, -0.05) is 6.92 Å². The molecule has 3 heteroatoms. The van der Waals surface area contributed by atoms with Gasteiger partial charge in [0.25, 0.3) is 0 Å². The molecule has 60 valence electrons. The molecule has 0 saturated carbocycles. The van der Waals surface area contributed by atoms with Crippen LogP contribution in [0.15, 0.2) is 6.20 Å².